The average molecular weight is 289 g/mol. The SMILES string of the molecule is CC(C(=O)NCCc1nccs1)C(N)c1ccccc1. The third-order valence-corrected chi connectivity index (χ3v) is 4.10. The monoisotopic (exact) mass is 289 g/mol. The molecule has 20 heavy (non-hydrogen) atoms. The number of nitrogens with zero attached hydrogens (tertiary/aromatic N) is 1. The Hall–Kier alpha value is -1.72. The minimum Gasteiger partial charge on any atom is -0.355 e. The highest BCUT2D eigenvalue weighted by atomic mass is 32.1. The second-order valence-electron chi connectivity index (χ2n) is 4.69. The van der Waals surface area contributed by atoms with Crippen LogP contribution in [0.4, 0.5) is 0 Å². The van der Waals surface area contributed by atoms with Gasteiger partial charge < -0.3 is 11.1 Å². The van der Waals surface area contributed by atoms with Crippen molar-refractivity contribution >= 4 is 17.2 Å². The molecule has 0 bridgehead atoms. The zero-order valence-electron chi connectivity index (χ0n) is 11.5. The topological polar surface area (TPSA) is 68.0 Å². The Kier molecular flexibility index (Phi) is 5.26. The molecule has 0 saturated heterocycles. The lowest BCUT2D eigenvalue weighted by Gasteiger charge is -2.19. The number of aromatic nitrogens is 1. The van der Waals surface area contributed by atoms with E-state index in [9.17, 15) is 4.79 Å². The Morgan fingerprint density at radius 3 is 2.80 bits per heavy atom. The molecule has 4 nitrogen and oxygen atoms in total. The predicted molar refractivity (Wildman–Crippen MR) is 81.4 cm³/mol. The molecule has 3 N–H and O–H groups in total. The van der Waals surface area contributed by atoms with Crippen LogP contribution < -0.4 is 11.1 Å². The fraction of sp³-hybridized carbons (Fsp3) is 0.333. The molecule has 2 rings (SSSR count). The van der Waals surface area contributed by atoms with E-state index in [0.29, 0.717) is 6.54 Å². The number of nitrogens with two attached hydrogens (primary N) is 1. The van der Waals surface area contributed by atoms with Gasteiger partial charge in [-0.25, -0.2) is 4.98 Å². The minimum absolute atomic E-state index is 0.0158. The second kappa shape index (κ2) is 7.17. The van der Waals surface area contributed by atoms with E-state index in [4.69, 9.17) is 5.73 Å². The summed E-state index contributed by atoms with van der Waals surface area (Å²) in [5, 5.41) is 5.89. The molecule has 0 saturated carbocycles. The molecule has 0 aliphatic heterocycles. The maximum atomic E-state index is 12.1. The number of benzene rings is 1. The van der Waals surface area contributed by atoms with Crippen LogP contribution in [0.5, 0.6) is 0 Å². The van der Waals surface area contributed by atoms with Crippen molar-refractivity contribution in [2.75, 3.05) is 6.54 Å². The van der Waals surface area contributed by atoms with Crippen LogP contribution in [0.15, 0.2) is 41.9 Å². The van der Waals surface area contributed by atoms with Crippen molar-refractivity contribution in [3.8, 4) is 0 Å². The van der Waals surface area contributed by atoms with Crippen molar-refractivity contribution in [2.45, 2.75) is 19.4 Å². The molecule has 5 heteroatoms. The molecule has 1 aromatic heterocycles. The number of hydrogen-bond donors (Lipinski definition) is 2. The van der Waals surface area contributed by atoms with E-state index in [1.54, 1.807) is 17.5 Å². The first kappa shape index (κ1) is 14.7. The molecule has 2 atom stereocenters. The van der Waals surface area contributed by atoms with Crippen LogP contribution in [0.3, 0.4) is 0 Å². The first-order valence-electron chi connectivity index (χ1n) is 6.65. The third-order valence-electron chi connectivity index (χ3n) is 3.26. The Morgan fingerprint density at radius 2 is 2.15 bits per heavy atom. The predicted octanol–water partition coefficient (Wildman–Crippen LogP) is 2.14. The smallest absolute Gasteiger partial charge is 0.224 e. The van der Waals surface area contributed by atoms with Crippen molar-refractivity contribution in [1.82, 2.24) is 10.3 Å². The molecule has 0 fully saturated rings. The summed E-state index contributed by atoms with van der Waals surface area (Å²) >= 11 is 1.60. The van der Waals surface area contributed by atoms with Gasteiger partial charge in [0.15, 0.2) is 0 Å². The van der Waals surface area contributed by atoms with Crippen molar-refractivity contribution < 1.29 is 4.79 Å². The number of nitrogens with one attached hydrogen (secondary N) is 1. The quantitative estimate of drug-likeness (QED) is 0.856. The number of carbonyl (C=O) groups excluding carboxylic acids is 1. The van der Waals surface area contributed by atoms with Gasteiger partial charge in [-0.1, -0.05) is 37.3 Å². The van der Waals surface area contributed by atoms with Crippen LogP contribution in [-0.4, -0.2) is 17.4 Å². The normalized spacial score (nSPS) is 13.7. The number of amides is 1. The van der Waals surface area contributed by atoms with E-state index in [0.717, 1.165) is 17.0 Å². The summed E-state index contributed by atoms with van der Waals surface area (Å²) in [4.78, 5) is 16.3. The summed E-state index contributed by atoms with van der Waals surface area (Å²) in [7, 11) is 0. The molecular formula is C15H19N3OS. The van der Waals surface area contributed by atoms with Crippen LogP contribution in [0.1, 0.15) is 23.5 Å². The molecule has 1 heterocycles. The van der Waals surface area contributed by atoms with E-state index in [1.165, 1.54) is 0 Å². The first-order valence-corrected chi connectivity index (χ1v) is 7.53. The Labute approximate surface area is 123 Å². The third kappa shape index (κ3) is 3.88. The highest BCUT2D eigenvalue weighted by Gasteiger charge is 2.21. The van der Waals surface area contributed by atoms with Crippen molar-refractivity contribution in [3.63, 3.8) is 0 Å². The van der Waals surface area contributed by atoms with Crippen LogP contribution in [0, 0.1) is 5.92 Å². The molecule has 0 radical (unpaired) electrons. The van der Waals surface area contributed by atoms with Gasteiger partial charge in [0.25, 0.3) is 0 Å². The molecule has 2 unspecified atom stereocenters. The summed E-state index contributed by atoms with van der Waals surface area (Å²) < 4.78 is 0. The van der Waals surface area contributed by atoms with E-state index >= 15 is 0 Å². The Bertz CT molecular complexity index is 527. The van der Waals surface area contributed by atoms with Crippen molar-refractivity contribution in [3.05, 3.63) is 52.5 Å². The summed E-state index contributed by atoms with van der Waals surface area (Å²) in [6.07, 6.45) is 2.53. The Balaban J connectivity index is 1.82. The van der Waals surface area contributed by atoms with Gasteiger partial charge in [0.2, 0.25) is 5.91 Å². The van der Waals surface area contributed by atoms with Gasteiger partial charge in [-0.15, -0.1) is 11.3 Å². The fourth-order valence-electron chi connectivity index (χ4n) is 1.96. The molecule has 106 valence electrons. The fourth-order valence-corrected chi connectivity index (χ4v) is 2.58. The van der Waals surface area contributed by atoms with Gasteiger partial charge in [-0.3, -0.25) is 4.79 Å². The lowest BCUT2D eigenvalue weighted by Crippen LogP contribution is -2.36. The molecule has 2 aromatic rings. The molecule has 0 aliphatic rings. The van der Waals surface area contributed by atoms with Gasteiger partial charge in [0.1, 0.15) is 0 Å². The van der Waals surface area contributed by atoms with Crippen molar-refractivity contribution in [2.24, 2.45) is 11.7 Å². The lowest BCUT2D eigenvalue weighted by molar-refractivity contribution is -0.125. The number of hydrogen-bond acceptors (Lipinski definition) is 4. The van der Waals surface area contributed by atoms with Crippen molar-refractivity contribution in [1.29, 1.82) is 0 Å². The molecular weight excluding hydrogens is 270 g/mol. The van der Waals surface area contributed by atoms with Gasteiger partial charge >= 0.3 is 0 Å². The molecule has 1 amide bonds. The summed E-state index contributed by atoms with van der Waals surface area (Å²) in [5.74, 6) is -0.272. The maximum absolute atomic E-state index is 12.1. The van der Waals surface area contributed by atoms with Crippen LogP contribution in [0.25, 0.3) is 0 Å². The van der Waals surface area contributed by atoms with E-state index in [1.807, 2.05) is 42.6 Å². The highest BCUT2D eigenvalue weighted by molar-refractivity contribution is 7.09. The van der Waals surface area contributed by atoms with E-state index < -0.39 is 0 Å². The van der Waals surface area contributed by atoms with Crippen LogP contribution >= 0.6 is 11.3 Å². The summed E-state index contributed by atoms with van der Waals surface area (Å²) in [5.41, 5.74) is 7.12. The van der Waals surface area contributed by atoms with Crippen LogP contribution in [-0.2, 0) is 11.2 Å². The largest absolute Gasteiger partial charge is 0.355 e. The standard InChI is InChI=1S/C15H19N3OS/c1-11(14(16)12-5-3-2-4-6-12)15(19)18-8-7-13-17-9-10-20-13/h2-6,9-11,14H,7-8,16H2,1H3,(H,18,19). The molecule has 0 spiro atoms. The zero-order valence-corrected chi connectivity index (χ0v) is 12.3. The Morgan fingerprint density at radius 1 is 1.40 bits per heavy atom. The first-order chi connectivity index (χ1) is 9.68. The summed E-state index contributed by atoms with van der Waals surface area (Å²) in [6, 6.07) is 9.42. The van der Waals surface area contributed by atoms with Gasteiger partial charge in [0.05, 0.1) is 10.9 Å². The average Bonchev–Trinajstić information content (AvgIpc) is 2.99. The molecule has 0 aliphatic carbocycles. The van der Waals surface area contributed by atoms with Gasteiger partial charge in [-0.05, 0) is 5.56 Å². The van der Waals surface area contributed by atoms with E-state index in [2.05, 4.69) is 10.3 Å². The number of carbonyl (C=O) groups is 1. The summed E-state index contributed by atoms with van der Waals surface area (Å²) in [6.45, 7) is 2.45. The number of thiazole rings is 1. The lowest BCUT2D eigenvalue weighted by atomic mass is 9.95. The van der Waals surface area contributed by atoms with E-state index in [-0.39, 0.29) is 17.9 Å². The second-order valence-corrected chi connectivity index (χ2v) is 5.67. The van der Waals surface area contributed by atoms with Gasteiger partial charge in [0, 0.05) is 30.6 Å². The zero-order chi connectivity index (χ0) is 14.4. The van der Waals surface area contributed by atoms with Crippen LogP contribution in [0.2, 0.25) is 0 Å². The maximum Gasteiger partial charge on any atom is 0.224 e. The number of rotatable bonds is 6. The highest BCUT2D eigenvalue weighted by Crippen LogP contribution is 2.18. The van der Waals surface area contributed by atoms with Gasteiger partial charge in [-0.2, -0.15) is 0 Å². The molecule has 1 aromatic carbocycles. The minimum atomic E-state index is -0.281.